The summed E-state index contributed by atoms with van der Waals surface area (Å²) in [5, 5.41) is 7.46. The van der Waals surface area contributed by atoms with Gasteiger partial charge in [-0.2, -0.15) is 13.2 Å². The zero-order valence-corrected chi connectivity index (χ0v) is 22.1. The number of fused-ring (bicyclic) bond motifs is 1. The lowest BCUT2D eigenvalue weighted by Crippen LogP contribution is -2.61. The maximum absolute atomic E-state index is 13.6. The highest BCUT2D eigenvalue weighted by atomic mass is 32.1. The highest BCUT2D eigenvalue weighted by molar-refractivity contribution is 7.84. The third-order valence-electron chi connectivity index (χ3n) is 7.81. The first-order valence-corrected chi connectivity index (χ1v) is 12.5. The molecule has 202 valence electrons. The zero-order valence-electron chi connectivity index (χ0n) is 21.2. The predicted molar refractivity (Wildman–Crippen MR) is 129 cm³/mol. The maximum Gasteiger partial charge on any atom is 0.471 e. The van der Waals surface area contributed by atoms with Gasteiger partial charge in [0.05, 0.1) is 6.04 Å². The second kappa shape index (κ2) is 9.57. The number of alkyl halides is 3. The van der Waals surface area contributed by atoms with Crippen LogP contribution in [0.5, 0.6) is 0 Å². The Balaban J connectivity index is 1.83. The minimum absolute atomic E-state index is 0.00519. The van der Waals surface area contributed by atoms with Gasteiger partial charge in [-0.05, 0) is 40.4 Å². The largest absolute Gasteiger partial charge is 0.471 e. The molecule has 1 aliphatic carbocycles. The molecule has 2 saturated heterocycles. The molecule has 1 saturated carbocycles. The summed E-state index contributed by atoms with van der Waals surface area (Å²) in [4.78, 5) is 52.5. The van der Waals surface area contributed by atoms with Crippen LogP contribution in [-0.2, 0) is 19.2 Å². The van der Waals surface area contributed by atoms with Gasteiger partial charge in [0.2, 0.25) is 17.7 Å². The van der Waals surface area contributed by atoms with Gasteiger partial charge in [0.25, 0.3) is 0 Å². The fraction of sp³-hybridized carbons (Fsp3) is 0.750. The van der Waals surface area contributed by atoms with E-state index in [9.17, 15) is 32.3 Å². The molecule has 0 bridgehead atoms. The van der Waals surface area contributed by atoms with Crippen molar-refractivity contribution in [1.29, 1.82) is 0 Å². The molecule has 3 fully saturated rings. The summed E-state index contributed by atoms with van der Waals surface area (Å²) in [6.07, 6.45) is -4.24. The van der Waals surface area contributed by atoms with Crippen LogP contribution < -0.4 is 16.0 Å². The Kier molecular flexibility index (Phi) is 7.53. The van der Waals surface area contributed by atoms with E-state index in [1.165, 1.54) is 4.90 Å². The molecule has 0 aromatic carbocycles. The summed E-state index contributed by atoms with van der Waals surface area (Å²) in [6.45, 7) is 13.2. The third-order valence-corrected chi connectivity index (χ3v) is 8.12. The predicted octanol–water partition coefficient (Wildman–Crippen LogP) is 2.02. The van der Waals surface area contributed by atoms with Gasteiger partial charge < -0.3 is 20.9 Å². The average molecular weight is 533 g/mol. The smallest absolute Gasteiger partial charge is 0.356 e. The molecule has 12 heteroatoms. The second-order valence-electron chi connectivity index (χ2n) is 11.7. The van der Waals surface area contributed by atoms with Crippen LogP contribution in [0.15, 0.2) is 11.5 Å². The SMILES string of the molecule is C=C(S)[C@H](C[C@@H]1CCNC1=O)NC(=O)[C@@H]1[C@@H]2[C@H](CN1C(=O)[C@@H](NC(=O)C(F)(F)F)C(C)(C)C)C2(C)C. The van der Waals surface area contributed by atoms with Gasteiger partial charge in [0.15, 0.2) is 0 Å². The van der Waals surface area contributed by atoms with E-state index < -0.39 is 47.4 Å². The second-order valence-corrected chi connectivity index (χ2v) is 12.3. The number of likely N-dealkylation sites (tertiary alicyclic amines) is 1. The average Bonchev–Trinajstić information content (AvgIpc) is 3.09. The van der Waals surface area contributed by atoms with Crippen LogP contribution in [0.25, 0.3) is 0 Å². The molecule has 0 aromatic heterocycles. The van der Waals surface area contributed by atoms with Crippen LogP contribution in [-0.4, -0.2) is 65.9 Å². The van der Waals surface area contributed by atoms with Crippen molar-refractivity contribution in [3.63, 3.8) is 0 Å². The van der Waals surface area contributed by atoms with Crippen LogP contribution in [0.1, 0.15) is 47.5 Å². The first-order chi connectivity index (χ1) is 16.4. The number of piperidine rings is 1. The molecule has 36 heavy (non-hydrogen) atoms. The molecule has 2 aliphatic heterocycles. The maximum atomic E-state index is 13.6. The minimum Gasteiger partial charge on any atom is -0.356 e. The molecule has 3 N–H and O–H groups in total. The lowest BCUT2D eigenvalue weighted by Gasteiger charge is -2.38. The standard InChI is InChI=1S/C24H35F3N4O4S/c1-11(36)14(9-12-7-8-28-18(12)32)29-19(33)16-15-13(23(15,5)6)10-31(16)20(34)17(22(2,3)4)30-21(35)24(25,26)27/h12-17,36H,1,7-10H2,2-6H3,(H,28,32)(H,29,33)(H,30,35)/t12-,13-,14-,15-,16-,17+/m0/s1. The number of carbonyl (C=O) groups excluding carboxylic acids is 4. The molecule has 8 nitrogen and oxygen atoms in total. The van der Waals surface area contributed by atoms with Gasteiger partial charge in [0, 0.05) is 19.0 Å². The van der Waals surface area contributed by atoms with Crippen molar-refractivity contribution in [3.05, 3.63) is 11.5 Å². The van der Waals surface area contributed by atoms with Crippen LogP contribution in [0.4, 0.5) is 13.2 Å². The molecular weight excluding hydrogens is 497 g/mol. The summed E-state index contributed by atoms with van der Waals surface area (Å²) >= 11 is 4.30. The van der Waals surface area contributed by atoms with Gasteiger partial charge in [-0.1, -0.05) is 41.2 Å². The van der Waals surface area contributed by atoms with Crippen molar-refractivity contribution in [2.24, 2.45) is 28.6 Å². The molecule has 2 heterocycles. The number of nitrogens with zero attached hydrogens (tertiary/aromatic N) is 1. The number of hydrogen-bond donors (Lipinski definition) is 4. The summed E-state index contributed by atoms with van der Waals surface area (Å²) in [5.74, 6) is -4.04. The van der Waals surface area contributed by atoms with E-state index >= 15 is 0 Å². The van der Waals surface area contributed by atoms with Gasteiger partial charge in [-0.25, -0.2) is 0 Å². The Labute approximate surface area is 214 Å². The monoisotopic (exact) mass is 532 g/mol. The number of nitrogens with one attached hydrogen (secondary N) is 3. The summed E-state index contributed by atoms with van der Waals surface area (Å²) in [5.41, 5.74) is -1.27. The molecule has 0 unspecified atom stereocenters. The third kappa shape index (κ3) is 5.52. The Morgan fingerprint density at radius 3 is 2.31 bits per heavy atom. The van der Waals surface area contributed by atoms with Crippen molar-refractivity contribution in [3.8, 4) is 0 Å². The molecule has 0 radical (unpaired) electrons. The van der Waals surface area contributed by atoms with Crippen molar-refractivity contribution < 1.29 is 32.3 Å². The summed E-state index contributed by atoms with van der Waals surface area (Å²) in [7, 11) is 0. The Hall–Kier alpha value is -2.24. The number of halogens is 3. The number of hydrogen-bond acceptors (Lipinski definition) is 5. The minimum atomic E-state index is -5.15. The molecule has 3 rings (SSSR count). The zero-order chi connectivity index (χ0) is 27.4. The van der Waals surface area contributed by atoms with Gasteiger partial charge in [-0.15, -0.1) is 12.6 Å². The normalized spacial score (nSPS) is 28.6. The number of rotatable bonds is 7. The molecular formula is C24H35F3N4O4S. The van der Waals surface area contributed by atoms with Crippen LogP contribution in [0.2, 0.25) is 0 Å². The molecule has 6 atom stereocenters. The first-order valence-electron chi connectivity index (χ1n) is 12.0. The van der Waals surface area contributed by atoms with E-state index in [4.69, 9.17) is 0 Å². The highest BCUT2D eigenvalue weighted by Gasteiger charge is 2.70. The van der Waals surface area contributed by atoms with E-state index in [1.807, 2.05) is 19.2 Å². The molecule has 4 amide bonds. The van der Waals surface area contributed by atoms with E-state index in [1.54, 1.807) is 20.8 Å². The fourth-order valence-corrected chi connectivity index (χ4v) is 5.70. The Morgan fingerprint density at radius 1 is 1.22 bits per heavy atom. The lowest BCUT2D eigenvalue weighted by molar-refractivity contribution is -0.176. The van der Waals surface area contributed by atoms with E-state index in [2.05, 4.69) is 29.8 Å². The molecule has 0 aromatic rings. The van der Waals surface area contributed by atoms with Crippen molar-refractivity contribution in [1.82, 2.24) is 20.9 Å². The number of carbonyl (C=O) groups is 4. The van der Waals surface area contributed by atoms with E-state index in [0.717, 1.165) is 0 Å². The first kappa shape index (κ1) is 28.3. The topological polar surface area (TPSA) is 108 Å². The fourth-order valence-electron chi connectivity index (χ4n) is 5.53. The number of thiol groups is 1. The van der Waals surface area contributed by atoms with Gasteiger partial charge in [0.1, 0.15) is 12.1 Å². The Morgan fingerprint density at radius 2 is 1.83 bits per heavy atom. The van der Waals surface area contributed by atoms with Crippen molar-refractivity contribution >= 4 is 36.3 Å². The van der Waals surface area contributed by atoms with E-state index in [0.29, 0.717) is 24.3 Å². The summed E-state index contributed by atoms with van der Waals surface area (Å²) < 4.78 is 38.9. The quantitative estimate of drug-likeness (QED) is 0.377. The van der Waals surface area contributed by atoms with Crippen molar-refractivity contribution in [2.45, 2.75) is 71.8 Å². The van der Waals surface area contributed by atoms with E-state index in [-0.39, 0.29) is 35.6 Å². The summed E-state index contributed by atoms with van der Waals surface area (Å²) in [6, 6.07) is -3.05. The highest BCUT2D eigenvalue weighted by Crippen LogP contribution is 2.65. The number of amides is 4. The van der Waals surface area contributed by atoms with Crippen molar-refractivity contribution in [2.75, 3.05) is 13.1 Å². The van der Waals surface area contributed by atoms with Crippen LogP contribution in [0, 0.1) is 28.6 Å². The van der Waals surface area contributed by atoms with Gasteiger partial charge in [-0.3, -0.25) is 19.2 Å². The van der Waals surface area contributed by atoms with Crippen LogP contribution >= 0.6 is 12.6 Å². The molecule has 3 aliphatic rings. The van der Waals surface area contributed by atoms with Crippen LogP contribution in [0.3, 0.4) is 0 Å². The lowest BCUT2D eigenvalue weighted by atomic mass is 9.85. The van der Waals surface area contributed by atoms with Gasteiger partial charge >= 0.3 is 12.1 Å². The molecule has 0 spiro atoms. The Bertz CT molecular complexity index is 962.